The molecule has 78 valence electrons. The maximum Gasteiger partial charge on any atom is 0.490 e. The summed E-state index contributed by atoms with van der Waals surface area (Å²) in [5.41, 5.74) is 0.515. The van der Waals surface area contributed by atoms with Gasteiger partial charge in [0.2, 0.25) is 6.33 Å². The van der Waals surface area contributed by atoms with Crippen LogP contribution in [0.25, 0.3) is 0 Å². The van der Waals surface area contributed by atoms with Crippen molar-refractivity contribution < 1.29 is 4.92 Å². The van der Waals surface area contributed by atoms with Gasteiger partial charge in [0.15, 0.2) is 0 Å². The predicted octanol–water partition coefficient (Wildman–Crippen LogP) is 0.739. The van der Waals surface area contributed by atoms with Crippen molar-refractivity contribution >= 4 is 29.1 Å². The van der Waals surface area contributed by atoms with Crippen molar-refractivity contribution in [1.82, 2.24) is 24.4 Å². The highest BCUT2D eigenvalue weighted by Crippen LogP contribution is 2.17. The lowest BCUT2D eigenvalue weighted by Gasteiger charge is -1.90. The molecule has 0 aliphatic carbocycles. The fourth-order valence-electron chi connectivity index (χ4n) is 0.889. The molecule has 2 rings (SSSR count). The lowest BCUT2D eigenvalue weighted by atomic mass is 10.5. The maximum atomic E-state index is 10.3. The number of aromatic nitrogens is 5. The third kappa shape index (κ3) is 2.07. The van der Waals surface area contributed by atoms with E-state index in [1.54, 1.807) is 0 Å². The van der Waals surface area contributed by atoms with E-state index >= 15 is 0 Å². The lowest BCUT2D eigenvalue weighted by molar-refractivity contribution is -0.394. The minimum atomic E-state index is -0.669. The molecule has 0 amide bonds. The molecule has 10 heteroatoms. The zero-order valence-electron chi connectivity index (χ0n) is 7.07. The van der Waals surface area contributed by atoms with Gasteiger partial charge >= 0.3 is 5.95 Å². The van der Waals surface area contributed by atoms with E-state index in [1.807, 2.05) is 0 Å². The third-order valence-corrected chi connectivity index (χ3v) is 2.49. The molecule has 2 aromatic rings. The van der Waals surface area contributed by atoms with Crippen molar-refractivity contribution in [1.29, 1.82) is 0 Å². The fraction of sp³-hybridized carbons (Fsp3) is 0.200. The van der Waals surface area contributed by atoms with E-state index in [1.165, 1.54) is 11.0 Å². The number of hydrogen-bond acceptors (Lipinski definition) is 7. The van der Waals surface area contributed by atoms with Gasteiger partial charge in [-0.05, 0) is 4.92 Å². The first kappa shape index (κ1) is 9.93. The van der Waals surface area contributed by atoms with Crippen LogP contribution in [-0.4, -0.2) is 29.3 Å². The molecule has 0 radical (unpaired) electrons. The summed E-state index contributed by atoms with van der Waals surface area (Å²) >= 11 is 6.80. The Morgan fingerprint density at radius 1 is 1.67 bits per heavy atom. The van der Waals surface area contributed by atoms with E-state index < -0.39 is 10.9 Å². The first-order valence-electron chi connectivity index (χ1n) is 3.67. The second kappa shape index (κ2) is 3.87. The summed E-state index contributed by atoms with van der Waals surface area (Å²) in [6, 6.07) is 0. The van der Waals surface area contributed by atoms with Gasteiger partial charge in [0.05, 0.1) is 0 Å². The molecule has 0 aromatic carbocycles. The van der Waals surface area contributed by atoms with E-state index in [9.17, 15) is 10.1 Å². The number of nitrogens with zero attached hydrogens (tertiary/aromatic N) is 6. The van der Waals surface area contributed by atoms with Gasteiger partial charge in [-0.3, -0.25) is 0 Å². The maximum absolute atomic E-state index is 10.3. The van der Waals surface area contributed by atoms with Gasteiger partial charge in [-0.15, -0.1) is 5.10 Å². The quantitative estimate of drug-likeness (QED) is 0.585. The van der Waals surface area contributed by atoms with Crippen molar-refractivity contribution in [3.8, 4) is 0 Å². The van der Waals surface area contributed by atoms with E-state index in [2.05, 4.69) is 19.7 Å². The second-order valence-corrected chi connectivity index (χ2v) is 3.85. The van der Waals surface area contributed by atoms with Crippen LogP contribution in [0, 0.1) is 10.1 Å². The second-order valence-electron chi connectivity index (χ2n) is 2.49. The SMILES string of the molecule is O=[N+]([O-])c1ncn(Cc2nnsc2Cl)n1. The smallest absolute Gasteiger partial charge is 0.390 e. The van der Waals surface area contributed by atoms with Crippen LogP contribution >= 0.6 is 23.1 Å². The van der Waals surface area contributed by atoms with Crippen molar-refractivity contribution in [2.24, 2.45) is 0 Å². The molecule has 0 fully saturated rings. The number of rotatable bonds is 3. The van der Waals surface area contributed by atoms with Crippen LogP contribution in [0.3, 0.4) is 0 Å². The summed E-state index contributed by atoms with van der Waals surface area (Å²) in [7, 11) is 0. The highest BCUT2D eigenvalue weighted by atomic mass is 35.5. The average molecular weight is 247 g/mol. The Kier molecular flexibility index (Phi) is 2.56. The molecule has 0 bridgehead atoms. The van der Waals surface area contributed by atoms with E-state index in [4.69, 9.17) is 11.6 Å². The molecule has 0 aliphatic rings. The Balaban J connectivity index is 2.18. The Morgan fingerprint density at radius 2 is 2.47 bits per heavy atom. The topological polar surface area (TPSA) is 99.6 Å². The lowest BCUT2D eigenvalue weighted by Crippen LogP contribution is -2.02. The Labute approximate surface area is 91.8 Å². The molecule has 0 N–H and O–H groups in total. The molecule has 2 aromatic heterocycles. The van der Waals surface area contributed by atoms with Gasteiger partial charge in [0.25, 0.3) is 0 Å². The van der Waals surface area contributed by atoms with Crippen LogP contribution < -0.4 is 0 Å². The Bertz CT molecular complexity index is 495. The summed E-state index contributed by atoms with van der Waals surface area (Å²) in [6.45, 7) is 0.218. The molecule has 0 aliphatic heterocycles. The van der Waals surface area contributed by atoms with E-state index in [-0.39, 0.29) is 6.54 Å². The average Bonchev–Trinajstić information content (AvgIpc) is 2.77. The first-order chi connectivity index (χ1) is 7.16. The van der Waals surface area contributed by atoms with Crippen molar-refractivity contribution in [3.05, 3.63) is 26.5 Å². The van der Waals surface area contributed by atoms with Crippen LogP contribution in [0.15, 0.2) is 6.33 Å². The van der Waals surface area contributed by atoms with Crippen molar-refractivity contribution in [3.63, 3.8) is 0 Å². The van der Waals surface area contributed by atoms with Gasteiger partial charge < -0.3 is 10.1 Å². The summed E-state index contributed by atoms with van der Waals surface area (Å²) < 4.78 is 5.34. The summed E-state index contributed by atoms with van der Waals surface area (Å²) in [5.74, 6) is -0.450. The highest BCUT2D eigenvalue weighted by molar-refractivity contribution is 7.10. The van der Waals surface area contributed by atoms with Crippen LogP contribution in [0.1, 0.15) is 5.69 Å². The monoisotopic (exact) mass is 246 g/mol. The predicted molar refractivity (Wildman–Crippen MR) is 50.7 cm³/mol. The summed E-state index contributed by atoms with van der Waals surface area (Å²) in [6.07, 6.45) is 1.24. The van der Waals surface area contributed by atoms with Crippen LogP contribution in [0.5, 0.6) is 0 Å². The molecule has 2 heterocycles. The molecule has 0 saturated heterocycles. The van der Waals surface area contributed by atoms with Gasteiger partial charge in [-0.2, -0.15) is 4.68 Å². The van der Waals surface area contributed by atoms with Crippen LogP contribution in [0.4, 0.5) is 5.95 Å². The first-order valence-corrected chi connectivity index (χ1v) is 4.82. The molecule has 8 nitrogen and oxygen atoms in total. The van der Waals surface area contributed by atoms with E-state index in [0.717, 1.165) is 11.5 Å². The zero-order valence-corrected chi connectivity index (χ0v) is 8.64. The minimum Gasteiger partial charge on any atom is -0.390 e. The summed E-state index contributed by atoms with van der Waals surface area (Å²) in [5, 5.41) is 17.7. The molecular formula is C5H3ClN6O2S. The largest absolute Gasteiger partial charge is 0.490 e. The van der Waals surface area contributed by atoms with E-state index in [0.29, 0.717) is 10.0 Å². The fourth-order valence-corrected chi connectivity index (χ4v) is 1.50. The standard InChI is InChI=1S/C5H3ClN6O2S/c6-4-3(8-10-15-4)1-11-2-7-5(9-11)12(13)14/h2H,1H2. The third-order valence-electron chi connectivity index (χ3n) is 1.51. The highest BCUT2D eigenvalue weighted by Gasteiger charge is 2.15. The van der Waals surface area contributed by atoms with Crippen LogP contribution in [0.2, 0.25) is 4.34 Å². The van der Waals surface area contributed by atoms with Gasteiger partial charge in [0, 0.05) is 16.6 Å². The molecule has 15 heavy (non-hydrogen) atoms. The normalized spacial score (nSPS) is 10.5. The Hall–Kier alpha value is -1.61. The molecule has 0 unspecified atom stereocenters. The molecule has 0 spiro atoms. The summed E-state index contributed by atoms with van der Waals surface area (Å²) in [4.78, 5) is 13.1. The Morgan fingerprint density at radius 3 is 3.00 bits per heavy atom. The zero-order chi connectivity index (χ0) is 10.8. The molecular weight excluding hydrogens is 244 g/mol. The molecule has 0 saturated carbocycles. The van der Waals surface area contributed by atoms with Crippen molar-refractivity contribution in [2.45, 2.75) is 6.54 Å². The van der Waals surface area contributed by atoms with Gasteiger partial charge in [0.1, 0.15) is 16.6 Å². The van der Waals surface area contributed by atoms with Gasteiger partial charge in [-0.25, -0.2) is 0 Å². The molecule has 0 atom stereocenters. The number of hydrogen-bond donors (Lipinski definition) is 0. The van der Waals surface area contributed by atoms with Gasteiger partial charge in [-0.1, -0.05) is 21.1 Å². The minimum absolute atomic E-state index is 0.218. The van der Waals surface area contributed by atoms with Crippen molar-refractivity contribution in [2.75, 3.05) is 0 Å². The number of halogens is 1. The van der Waals surface area contributed by atoms with Crippen LogP contribution in [-0.2, 0) is 6.54 Å². The number of nitro groups is 1.